The van der Waals surface area contributed by atoms with Crippen LogP contribution in [0.2, 0.25) is 0 Å². The highest BCUT2D eigenvalue weighted by molar-refractivity contribution is 5.77. The SMILES string of the molecule is CCCc1c(C)nn(C(=N)N)c1C. The van der Waals surface area contributed by atoms with Crippen molar-refractivity contribution in [3.8, 4) is 0 Å². The molecule has 0 radical (unpaired) electrons. The number of nitrogens with zero attached hydrogens (tertiary/aromatic N) is 2. The Labute approximate surface area is 78.3 Å². The Bertz CT molecular complexity index is 325. The maximum atomic E-state index is 7.30. The number of aromatic nitrogens is 2. The van der Waals surface area contributed by atoms with Gasteiger partial charge in [-0.05, 0) is 25.8 Å². The monoisotopic (exact) mass is 180 g/mol. The molecule has 4 nitrogen and oxygen atoms in total. The molecule has 3 N–H and O–H groups in total. The first-order valence-corrected chi connectivity index (χ1v) is 4.47. The van der Waals surface area contributed by atoms with Crippen molar-refractivity contribution >= 4 is 5.96 Å². The summed E-state index contributed by atoms with van der Waals surface area (Å²) in [5, 5.41) is 11.5. The van der Waals surface area contributed by atoms with Crippen LogP contribution in [0.15, 0.2) is 0 Å². The van der Waals surface area contributed by atoms with Crippen LogP contribution in [-0.4, -0.2) is 15.7 Å². The van der Waals surface area contributed by atoms with Gasteiger partial charge in [0.05, 0.1) is 5.69 Å². The first kappa shape index (κ1) is 9.77. The van der Waals surface area contributed by atoms with Gasteiger partial charge >= 0.3 is 0 Å². The lowest BCUT2D eigenvalue weighted by Crippen LogP contribution is -2.23. The van der Waals surface area contributed by atoms with Gasteiger partial charge in [-0.2, -0.15) is 5.10 Å². The average molecular weight is 180 g/mol. The van der Waals surface area contributed by atoms with E-state index in [1.807, 2.05) is 13.8 Å². The van der Waals surface area contributed by atoms with Crippen LogP contribution in [0.1, 0.15) is 30.3 Å². The van der Waals surface area contributed by atoms with Crippen molar-refractivity contribution in [3.63, 3.8) is 0 Å². The van der Waals surface area contributed by atoms with E-state index >= 15 is 0 Å². The molecule has 0 aromatic carbocycles. The Morgan fingerprint density at radius 3 is 2.54 bits per heavy atom. The van der Waals surface area contributed by atoms with Crippen molar-refractivity contribution in [1.29, 1.82) is 5.41 Å². The molecule has 4 heteroatoms. The third kappa shape index (κ3) is 1.71. The van der Waals surface area contributed by atoms with Gasteiger partial charge in [0.25, 0.3) is 0 Å². The number of aryl methyl sites for hydroxylation is 1. The minimum Gasteiger partial charge on any atom is -0.368 e. The molecule has 13 heavy (non-hydrogen) atoms. The summed E-state index contributed by atoms with van der Waals surface area (Å²) in [6.07, 6.45) is 2.09. The van der Waals surface area contributed by atoms with Gasteiger partial charge in [0.2, 0.25) is 5.96 Å². The highest BCUT2D eigenvalue weighted by Gasteiger charge is 2.11. The van der Waals surface area contributed by atoms with Crippen molar-refractivity contribution in [2.45, 2.75) is 33.6 Å². The Kier molecular flexibility index (Phi) is 2.70. The van der Waals surface area contributed by atoms with E-state index in [9.17, 15) is 0 Å². The second-order valence-corrected chi connectivity index (χ2v) is 3.20. The highest BCUT2D eigenvalue weighted by Crippen LogP contribution is 2.14. The number of nitrogens with one attached hydrogen (secondary N) is 1. The van der Waals surface area contributed by atoms with Crippen molar-refractivity contribution in [3.05, 3.63) is 17.0 Å². The van der Waals surface area contributed by atoms with Gasteiger partial charge in [0.15, 0.2) is 0 Å². The minimum absolute atomic E-state index is 0.0112. The van der Waals surface area contributed by atoms with E-state index in [4.69, 9.17) is 11.1 Å². The lowest BCUT2D eigenvalue weighted by molar-refractivity contribution is 0.859. The third-order valence-electron chi connectivity index (χ3n) is 2.17. The number of nitrogens with two attached hydrogens (primary N) is 1. The molecule has 0 saturated heterocycles. The second kappa shape index (κ2) is 3.60. The van der Waals surface area contributed by atoms with E-state index in [0.29, 0.717) is 0 Å². The quantitative estimate of drug-likeness (QED) is 0.530. The molecule has 0 aliphatic heterocycles. The summed E-state index contributed by atoms with van der Waals surface area (Å²) in [6, 6.07) is 0. The molecular weight excluding hydrogens is 164 g/mol. The van der Waals surface area contributed by atoms with Crippen LogP contribution < -0.4 is 5.73 Å². The molecule has 0 fully saturated rings. The number of hydrogen-bond donors (Lipinski definition) is 2. The summed E-state index contributed by atoms with van der Waals surface area (Å²) < 4.78 is 1.49. The molecule has 0 saturated carbocycles. The van der Waals surface area contributed by atoms with Gasteiger partial charge in [-0.1, -0.05) is 13.3 Å². The zero-order chi connectivity index (χ0) is 10.0. The largest absolute Gasteiger partial charge is 0.368 e. The Morgan fingerprint density at radius 2 is 2.15 bits per heavy atom. The van der Waals surface area contributed by atoms with E-state index in [2.05, 4.69) is 12.0 Å². The van der Waals surface area contributed by atoms with Gasteiger partial charge in [0, 0.05) is 5.69 Å². The molecule has 0 aliphatic rings. The fraction of sp³-hybridized carbons (Fsp3) is 0.556. The zero-order valence-corrected chi connectivity index (χ0v) is 8.39. The smallest absolute Gasteiger partial charge is 0.213 e. The van der Waals surface area contributed by atoms with Gasteiger partial charge < -0.3 is 5.73 Å². The molecule has 0 spiro atoms. The number of rotatable bonds is 2. The summed E-state index contributed by atoms with van der Waals surface area (Å²) in [5.74, 6) is -0.0112. The Morgan fingerprint density at radius 1 is 1.54 bits per heavy atom. The second-order valence-electron chi connectivity index (χ2n) is 3.20. The molecular formula is C9H16N4. The summed E-state index contributed by atoms with van der Waals surface area (Å²) in [7, 11) is 0. The predicted molar refractivity (Wildman–Crippen MR) is 53.0 cm³/mol. The van der Waals surface area contributed by atoms with Crippen molar-refractivity contribution in [2.24, 2.45) is 5.73 Å². The molecule has 0 bridgehead atoms. The Hall–Kier alpha value is -1.32. The summed E-state index contributed by atoms with van der Waals surface area (Å²) in [4.78, 5) is 0. The van der Waals surface area contributed by atoms with E-state index in [-0.39, 0.29) is 5.96 Å². The Balaban J connectivity index is 3.14. The molecule has 0 atom stereocenters. The number of hydrogen-bond acceptors (Lipinski definition) is 2. The zero-order valence-electron chi connectivity index (χ0n) is 8.39. The van der Waals surface area contributed by atoms with Crippen LogP contribution in [0.4, 0.5) is 0 Å². The lowest BCUT2D eigenvalue weighted by atomic mass is 10.1. The normalized spacial score (nSPS) is 10.4. The molecule has 0 unspecified atom stereocenters. The van der Waals surface area contributed by atoms with Crippen molar-refractivity contribution < 1.29 is 0 Å². The fourth-order valence-electron chi connectivity index (χ4n) is 1.52. The van der Waals surface area contributed by atoms with Gasteiger partial charge in [0.1, 0.15) is 0 Å². The minimum atomic E-state index is -0.0112. The van der Waals surface area contributed by atoms with E-state index in [1.165, 1.54) is 10.2 Å². The molecule has 1 heterocycles. The van der Waals surface area contributed by atoms with Gasteiger partial charge in [-0.15, -0.1) is 0 Å². The van der Waals surface area contributed by atoms with Crippen molar-refractivity contribution in [2.75, 3.05) is 0 Å². The third-order valence-corrected chi connectivity index (χ3v) is 2.17. The number of nitrogen functional groups attached to an aromatic ring is 1. The van der Waals surface area contributed by atoms with Crippen LogP contribution in [0.5, 0.6) is 0 Å². The maximum Gasteiger partial charge on any atom is 0.213 e. The topological polar surface area (TPSA) is 67.7 Å². The predicted octanol–water partition coefficient (Wildman–Crippen LogP) is 1.19. The van der Waals surface area contributed by atoms with Crippen LogP contribution in [0.25, 0.3) is 0 Å². The van der Waals surface area contributed by atoms with Crippen LogP contribution in [-0.2, 0) is 6.42 Å². The molecule has 0 aliphatic carbocycles. The molecule has 1 aromatic heterocycles. The van der Waals surface area contributed by atoms with Crippen LogP contribution in [0, 0.1) is 19.3 Å². The fourth-order valence-corrected chi connectivity index (χ4v) is 1.52. The molecule has 0 amide bonds. The summed E-state index contributed by atoms with van der Waals surface area (Å²) >= 11 is 0. The molecule has 1 aromatic rings. The van der Waals surface area contributed by atoms with E-state index in [1.54, 1.807) is 0 Å². The van der Waals surface area contributed by atoms with Gasteiger partial charge in [-0.3, -0.25) is 5.41 Å². The maximum absolute atomic E-state index is 7.30. The first-order chi connectivity index (χ1) is 6.07. The van der Waals surface area contributed by atoms with Crippen molar-refractivity contribution in [1.82, 2.24) is 9.78 Å². The van der Waals surface area contributed by atoms with Crippen LogP contribution >= 0.6 is 0 Å². The van der Waals surface area contributed by atoms with Crippen LogP contribution in [0.3, 0.4) is 0 Å². The van der Waals surface area contributed by atoms with E-state index < -0.39 is 0 Å². The first-order valence-electron chi connectivity index (χ1n) is 4.47. The summed E-state index contributed by atoms with van der Waals surface area (Å²) in [5.41, 5.74) is 8.57. The van der Waals surface area contributed by atoms with Gasteiger partial charge in [-0.25, -0.2) is 4.68 Å². The van der Waals surface area contributed by atoms with E-state index in [0.717, 1.165) is 24.2 Å². The average Bonchev–Trinajstić information content (AvgIpc) is 2.32. The summed E-state index contributed by atoms with van der Waals surface area (Å²) in [6.45, 7) is 6.04. The molecule has 72 valence electrons. The lowest BCUT2D eigenvalue weighted by Gasteiger charge is -2.00. The standard InChI is InChI=1S/C9H16N4/c1-4-5-8-6(2)12-13(7(8)3)9(10)11/h4-5H2,1-3H3,(H3,10,11). The molecule has 1 rings (SSSR count). The highest BCUT2D eigenvalue weighted by atomic mass is 15.3.